The third-order valence-corrected chi connectivity index (χ3v) is 3.57. The van der Waals surface area contributed by atoms with Crippen molar-refractivity contribution in [2.24, 2.45) is 0 Å². The van der Waals surface area contributed by atoms with E-state index in [4.69, 9.17) is 5.11 Å². The minimum absolute atomic E-state index is 0.00670. The number of likely N-dealkylation sites (tertiary alicyclic amines) is 1. The van der Waals surface area contributed by atoms with E-state index in [-0.39, 0.29) is 18.6 Å². The molecule has 1 heterocycles. The monoisotopic (exact) mass is 258 g/mol. The quantitative estimate of drug-likeness (QED) is 0.707. The first-order valence-corrected chi connectivity index (χ1v) is 6.81. The Bertz CT molecular complexity index is 251. The molecule has 5 heteroatoms. The molecule has 2 N–H and O–H groups in total. The molecule has 0 aromatic carbocycles. The maximum Gasteiger partial charge on any atom is 0.222 e. The highest BCUT2D eigenvalue weighted by atomic mass is 16.3. The van der Waals surface area contributed by atoms with Crippen molar-refractivity contribution < 1.29 is 15.0 Å². The molecule has 1 aliphatic heterocycles. The number of carbonyl (C=O) groups is 1. The second kappa shape index (κ2) is 7.71. The number of nitrogens with zero attached hydrogens (tertiary/aromatic N) is 2. The van der Waals surface area contributed by atoms with E-state index in [9.17, 15) is 9.90 Å². The third kappa shape index (κ3) is 4.92. The Balaban J connectivity index is 2.49. The van der Waals surface area contributed by atoms with Crippen molar-refractivity contribution in [3.8, 4) is 0 Å². The average molecular weight is 258 g/mol. The minimum atomic E-state index is -0.442. The van der Waals surface area contributed by atoms with Gasteiger partial charge in [-0.1, -0.05) is 0 Å². The fourth-order valence-corrected chi connectivity index (χ4v) is 2.40. The van der Waals surface area contributed by atoms with Crippen LogP contribution >= 0.6 is 0 Å². The van der Waals surface area contributed by atoms with Crippen molar-refractivity contribution in [3.05, 3.63) is 0 Å². The maximum atomic E-state index is 12.1. The molecule has 1 amide bonds. The van der Waals surface area contributed by atoms with Gasteiger partial charge in [0.2, 0.25) is 5.91 Å². The lowest BCUT2D eigenvalue weighted by Crippen LogP contribution is -2.47. The number of piperidine rings is 1. The van der Waals surface area contributed by atoms with Crippen LogP contribution in [0, 0.1) is 0 Å². The molecule has 1 rings (SSSR count). The van der Waals surface area contributed by atoms with Crippen LogP contribution in [-0.4, -0.2) is 71.4 Å². The summed E-state index contributed by atoms with van der Waals surface area (Å²) in [5.74, 6) is 0.0551. The van der Waals surface area contributed by atoms with Gasteiger partial charge in [-0.3, -0.25) is 4.79 Å². The van der Waals surface area contributed by atoms with Crippen LogP contribution in [0.5, 0.6) is 0 Å². The Hall–Kier alpha value is -0.650. The van der Waals surface area contributed by atoms with Crippen LogP contribution in [0.1, 0.15) is 32.6 Å². The fraction of sp³-hybridized carbons (Fsp3) is 0.923. The summed E-state index contributed by atoms with van der Waals surface area (Å²) in [6.07, 6.45) is 2.35. The molecule has 0 saturated carbocycles. The van der Waals surface area contributed by atoms with E-state index in [1.807, 2.05) is 0 Å². The highest BCUT2D eigenvalue weighted by Crippen LogP contribution is 2.17. The summed E-state index contributed by atoms with van der Waals surface area (Å²) >= 11 is 0. The number of amides is 1. The molecule has 1 atom stereocenters. The molecule has 5 nitrogen and oxygen atoms in total. The Morgan fingerprint density at radius 1 is 1.44 bits per heavy atom. The van der Waals surface area contributed by atoms with Crippen molar-refractivity contribution in [2.75, 3.05) is 33.3 Å². The predicted octanol–water partition coefficient (Wildman–Crippen LogP) is 0.0625. The zero-order chi connectivity index (χ0) is 13.5. The van der Waals surface area contributed by atoms with Gasteiger partial charge in [0.1, 0.15) is 0 Å². The van der Waals surface area contributed by atoms with Gasteiger partial charge in [-0.05, 0) is 46.3 Å². The molecular weight excluding hydrogens is 232 g/mol. The zero-order valence-electron chi connectivity index (χ0n) is 11.5. The largest absolute Gasteiger partial charge is 0.395 e. The molecule has 1 fully saturated rings. The lowest BCUT2D eigenvalue weighted by molar-refractivity contribution is -0.135. The molecule has 0 bridgehead atoms. The molecule has 0 aromatic rings. The van der Waals surface area contributed by atoms with E-state index >= 15 is 0 Å². The molecule has 0 aliphatic carbocycles. The smallest absolute Gasteiger partial charge is 0.222 e. The Kier molecular flexibility index (Phi) is 6.60. The molecule has 0 aromatic heterocycles. The second-order valence-electron chi connectivity index (χ2n) is 5.23. The van der Waals surface area contributed by atoms with E-state index in [1.54, 1.807) is 11.8 Å². The third-order valence-electron chi connectivity index (χ3n) is 3.57. The number of hydrogen-bond acceptors (Lipinski definition) is 4. The normalized spacial score (nSPS) is 19.8. The lowest BCUT2D eigenvalue weighted by atomic mass is 10.0. The summed E-state index contributed by atoms with van der Waals surface area (Å²) in [6.45, 7) is 4.10. The molecular formula is C13H26N2O3. The van der Waals surface area contributed by atoms with E-state index in [0.29, 0.717) is 19.4 Å². The Morgan fingerprint density at radius 2 is 2.06 bits per heavy atom. The van der Waals surface area contributed by atoms with E-state index in [1.165, 1.54) is 0 Å². The van der Waals surface area contributed by atoms with Crippen LogP contribution in [0.2, 0.25) is 0 Å². The maximum absolute atomic E-state index is 12.1. The van der Waals surface area contributed by atoms with Gasteiger partial charge >= 0.3 is 0 Å². The number of hydrogen-bond donors (Lipinski definition) is 2. The van der Waals surface area contributed by atoms with Gasteiger partial charge < -0.3 is 20.0 Å². The van der Waals surface area contributed by atoms with Gasteiger partial charge in [-0.2, -0.15) is 0 Å². The average Bonchev–Trinajstić information content (AvgIpc) is 2.34. The van der Waals surface area contributed by atoms with Crippen LogP contribution < -0.4 is 0 Å². The summed E-state index contributed by atoms with van der Waals surface area (Å²) in [5, 5.41) is 18.3. The molecule has 1 unspecified atom stereocenters. The van der Waals surface area contributed by atoms with Crippen molar-refractivity contribution in [3.63, 3.8) is 0 Å². The van der Waals surface area contributed by atoms with E-state index < -0.39 is 6.10 Å². The molecule has 1 aliphatic rings. The van der Waals surface area contributed by atoms with Crippen LogP contribution in [0.15, 0.2) is 0 Å². The second-order valence-corrected chi connectivity index (χ2v) is 5.23. The van der Waals surface area contributed by atoms with Crippen LogP contribution in [0.4, 0.5) is 0 Å². The van der Waals surface area contributed by atoms with Crippen LogP contribution in [-0.2, 0) is 4.79 Å². The van der Waals surface area contributed by atoms with E-state index in [0.717, 1.165) is 25.9 Å². The summed E-state index contributed by atoms with van der Waals surface area (Å²) < 4.78 is 0. The van der Waals surface area contributed by atoms with Crippen LogP contribution in [0.3, 0.4) is 0 Å². The van der Waals surface area contributed by atoms with Gasteiger partial charge in [0, 0.05) is 19.0 Å². The van der Waals surface area contributed by atoms with E-state index in [2.05, 4.69) is 11.9 Å². The zero-order valence-corrected chi connectivity index (χ0v) is 11.5. The highest BCUT2D eigenvalue weighted by molar-refractivity contribution is 5.76. The van der Waals surface area contributed by atoms with Crippen molar-refractivity contribution >= 4 is 5.91 Å². The van der Waals surface area contributed by atoms with Crippen molar-refractivity contribution in [2.45, 2.75) is 44.8 Å². The Morgan fingerprint density at radius 3 is 2.56 bits per heavy atom. The summed E-state index contributed by atoms with van der Waals surface area (Å²) in [4.78, 5) is 16.2. The first-order chi connectivity index (χ1) is 8.54. The summed E-state index contributed by atoms with van der Waals surface area (Å²) in [7, 11) is 2.09. The first-order valence-electron chi connectivity index (χ1n) is 6.81. The highest BCUT2D eigenvalue weighted by Gasteiger charge is 2.26. The lowest BCUT2D eigenvalue weighted by Gasteiger charge is -2.37. The molecule has 0 spiro atoms. The number of rotatable bonds is 6. The topological polar surface area (TPSA) is 64.0 Å². The summed E-state index contributed by atoms with van der Waals surface area (Å²) in [6, 6.07) is 0.245. The van der Waals surface area contributed by atoms with Crippen molar-refractivity contribution in [1.29, 1.82) is 0 Å². The SMILES string of the molecule is CC(O)CCC(=O)N(CCO)C1CCN(C)CC1. The summed E-state index contributed by atoms with van der Waals surface area (Å²) in [5.41, 5.74) is 0. The van der Waals surface area contributed by atoms with Gasteiger partial charge in [0.25, 0.3) is 0 Å². The molecule has 18 heavy (non-hydrogen) atoms. The molecule has 1 saturated heterocycles. The number of aliphatic hydroxyl groups is 2. The molecule has 106 valence electrons. The standard InChI is InChI=1S/C13H26N2O3/c1-11(17)3-4-13(18)15(9-10-16)12-5-7-14(2)8-6-12/h11-12,16-17H,3-10H2,1-2H3. The van der Waals surface area contributed by atoms with Gasteiger partial charge in [-0.25, -0.2) is 0 Å². The minimum Gasteiger partial charge on any atom is -0.395 e. The van der Waals surface area contributed by atoms with Gasteiger partial charge in [0.05, 0.1) is 12.7 Å². The van der Waals surface area contributed by atoms with Crippen molar-refractivity contribution in [1.82, 2.24) is 9.80 Å². The van der Waals surface area contributed by atoms with Gasteiger partial charge in [0.15, 0.2) is 0 Å². The van der Waals surface area contributed by atoms with Gasteiger partial charge in [-0.15, -0.1) is 0 Å². The fourth-order valence-electron chi connectivity index (χ4n) is 2.40. The molecule has 0 radical (unpaired) electrons. The Labute approximate surface area is 109 Å². The predicted molar refractivity (Wildman–Crippen MR) is 70.2 cm³/mol. The van der Waals surface area contributed by atoms with Crippen LogP contribution in [0.25, 0.3) is 0 Å². The number of aliphatic hydroxyl groups excluding tert-OH is 2. The number of carbonyl (C=O) groups excluding carboxylic acids is 1. The first kappa shape index (κ1) is 15.4.